The van der Waals surface area contributed by atoms with Crippen molar-refractivity contribution in [1.29, 1.82) is 0 Å². The van der Waals surface area contributed by atoms with E-state index in [1.807, 2.05) is 0 Å². The van der Waals surface area contributed by atoms with E-state index in [9.17, 15) is 4.79 Å². The molecule has 4 aliphatic rings. The summed E-state index contributed by atoms with van der Waals surface area (Å²) < 4.78 is 12.7. The molecule has 1 N–H and O–H groups in total. The predicted octanol–water partition coefficient (Wildman–Crippen LogP) is 2.66. The first kappa shape index (κ1) is 18.3. The van der Waals surface area contributed by atoms with Gasteiger partial charge in [-0.25, -0.2) is 0 Å². The third-order valence-corrected chi connectivity index (χ3v) is 6.94. The Morgan fingerprint density at radius 1 is 1.18 bits per heavy atom. The number of amides is 1. The van der Waals surface area contributed by atoms with E-state index in [4.69, 9.17) is 9.47 Å². The number of benzene rings is 1. The minimum Gasteiger partial charge on any atom is -0.462 e. The highest BCUT2D eigenvalue weighted by atomic mass is 16.7. The lowest BCUT2D eigenvalue weighted by molar-refractivity contribution is -0.231. The summed E-state index contributed by atoms with van der Waals surface area (Å²) in [7, 11) is 0. The van der Waals surface area contributed by atoms with Gasteiger partial charge in [-0.2, -0.15) is 0 Å². The van der Waals surface area contributed by atoms with E-state index >= 15 is 0 Å². The average molecular weight is 386 g/mol. The van der Waals surface area contributed by atoms with Gasteiger partial charge < -0.3 is 19.7 Å². The molecule has 6 nitrogen and oxygen atoms in total. The Balaban J connectivity index is 1.22. The van der Waals surface area contributed by atoms with E-state index in [0.29, 0.717) is 6.61 Å². The number of hydrogen-bond acceptors (Lipinski definition) is 5. The van der Waals surface area contributed by atoms with E-state index in [1.54, 1.807) is 6.92 Å². The van der Waals surface area contributed by atoms with Gasteiger partial charge in [-0.1, -0.05) is 6.42 Å². The SMILES string of the molecule is CC(=O)N[C@H]1CCN(c2ccc3c(c2)COC2(CCN(C4CCC4)CC2)O3)C1. The molecule has 0 aromatic heterocycles. The Kier molecular flexibility index (Phi) is 4.71. The van der Waals surface area contributed by atoms with Gasteiger partial charge in [-0.3, -0.25) is 9.69 Å². The highest BCUT2D eigenvalue weighted by Gasteiger charge is 2.42. The molecule has 1 atom stereocenters. The summed E-state index contributed by atoms with van der Waals surface area (Å²) >= 11 is 0. The second-order valence-corrected chi connectivity index (χ2v) is 8.85. The highest BCUT2D eigenvalue weighted by Crippen LogP contribution is 2.40. The molecule has 1 aliphatic carbocycles. The summed E-state index contributed by atoms with van der Waals surface area (Å²) in [5, 5.41) is 3.03. The average Bonchev–Trinajstić information content (AvgIpc) is 3.10. The number of hydrogen-bond donors (Lipinski definition) is 1. The first-order valence-electron chi connectivity index (χ1n) is 10.8. The Morgan fingerprint density at radius 3 is 2.71 bits per heavy atom. The number of nitrogens with one attached hydrogen (secondary N) is 1. The van der Waals surface area contributed by atoms with Crippen LogP contribution >= 0.6 is 0 Å². The number of fused-ring (bicyclic) bond motifs is 1. The van der Waals surface area contributed by atoms with E-state index in [-0.39, 0.29) is 11.9 Å². The lowest BCUT2D eigenvalue weighted by Crippen LogP contribution is -2.54. The number of anilines is 1. The van der Waals surface area contributed by atoms with Gasteiger partial charge in [0.25, 0.3) is 0 Å². The summed E-state index contributed by atoms with van der Waals surface area (Å²) in [5.41, 5.74) is 2.32. The lowest BCUT2D eigenvalue weighted by Gasteiger charge is -2.47. The molecule has 0 bridgehead atoms. The normalized spacial score (nSPS) is 27.2. The van der Waals surface area contributed by atoms with Gasteiger partial charge in [0.1, 0.15) is 5.75 Å². The van der Waals surface area contributed by atoms with Gasteiger partial charge in [0, 0.05) is 69.3 Å². The molecule has 152 valence electrons. The van der Waals surface area contributed by atoms with Crippen LogP contribution in [0, 0.1) is 0 Å². The van der Waals surface area contributed by atoms with Crippen molar-refractivity contribution in [3.05, 3.63) is 23.8 Å². The van der Waals surface area contributed by atoms with Gasteiger partial charge in [0.15, 0.2) is 0 Å². The molecule has 1 aromatic carbocycles. The maximum atomic E-state index is 11.3. The van der Waals surface area contributed by atoms with E-state index in [2.05, 4.69) is 33.3 Å². The summed E-state index contributed by atoms with van der Waals surface area (Å²) in [6, 6.07) is 7.50. The second kappa shape index (κ2) is 7.23. The molecular formula is C22H31N3O3. The Morgan fingerprint density at radius 2 is 2.00 bits per heavy atom. The number of rotatable bonds is 3. The van der Waals surface area contributed by atoms with Gasteiger partial charge in [-0.15, -0.1) is 0 Å². The standard InChI is InChI=1S/C22H31N3O3/c1-16(26)23-18-7-10-25(14-18)20-5-6-21-17(13-20)15-27-22(28-21)8-11-24(12-9-22)19-3-2-4-19/h5-6,13,18-19H,2-4,7-12,14-15H2,1H3,(H,23,26)/t18-/m0/s1. The summed E-state index contributed by atoms with van der Waals surface area (Å²) in [5.74, 6) is 0.594. The molecule has 0 radical (unpaired) electrons. The number of carbonyl (C=O) groups is 1. The zero-order valence-corrected chi connectivity index (χ0v) is 16.8. The van der Waals surface area contributed by atoms with Gasteiger partial charge in [-0.05, 0) is 37.5 Å². The van der Waals surface area contributed by atoms with Crippen LogP contribution in [0.25, 0.3) is 0 Å². The molecule has 1 aromatic rings. The van der Waals surface area contributed by atoms with Crippen LogP contribution in [0.3, 0.4) is 0 Å². The van der Waals surface area contributed by atoms with Crippen LogP contribution in [0.2, 0.25) is 0 Å². The van der Waals surface area contributed by atoms with Gasteiger partial charge in [0.05, 0.1) is 6.61 Å². The van der Waals surface area contributed by atoms with Crippen LogP contribution in [0.15, 0.2) is 18.2 Å². The Hall–Kier alpha value is -1.79. The van der Waals surface area contributed by atoms with Crippen molar-refractivity contribution >= 4 is 11.6 Å². The van der Waals surface area contributed by atoms with Gasteiger partial charge in [0.2, 0.25) is 11.7 Å². The smallest absolute Gasteiger partial charge is 0.217 e. The molecular weight excluding hydrogens is 354 g/mol. The molecule has 1 saturated carbocycles. The van der Waals surface area contributed by atoms with Crippen LogP contribution in [0.5, 0.6) is 5.75 Å². The molecule has 28 heavy (non-hydrogen) atoms. The van der Waals surface area contributed by atoms with Gasteiger partial charge >= 0.3 is 0 Å². The van der Waals surface area contributed by atoms with Crippen molar-refractivity contribution in [1.82, 2.24) is 10.2 Å². The fourth-order valence-electron chi connectivity index (χ4n) is 5.04. The zero-order valence-electron chi connectivity index (χ0n) is 16.8. The third-order valence-electron chi connectivity index (χ3n) is 6.94. The zero-order chi connectivity index (χ0) is 19.1. The molecule has 6 heteroatoms. The van der Waals surface area contributed by atoms with Crippen LogP contribution in [0.1, 0.15) is 51.0 Å². The third kappa shape index (κ3) is 3.48. The fraction of sp³-hybridized carbons (Fsp3) is 0.682. The number of piperidine rings is 1. The molecule has 1 amide bonds. The van der Waals surface area contributed by atoms with Crippen molar-refractivity contribution < 1.29 is 14.3 Å². The molecule has 2 saturated heterocycles. The van der Waals surface area contributed by atoms with Crippen LogP contribution < -0.4 is 15.0 Å². The number of likely N-dealkylation sites (tertiary alicyclic amines) is 1. The molecule has 1 spiro atoms. The highest BCUT2D eigenvalue weighted by molar-refractivity contribution is 5.73. The summed E-state index contributed by atoms with van der Waals surface area (Å²) in [4.78, 5) is 16.3. The van der Waals surface area contributed by atoms with Crippen molar-refractivity contribution in [3.63, 3.8) is 0 Å². The fourth-order valence-corrected chi connectivity index (χ4v) is 5.04. The number of nitrogens with zero attached hydrogens (tertiary/aromatic N) is 2. The van der Waals surface area contributed by atoms with E-state index in [1.165, 1.54) is 24.9 Å². The quantitative estimate of drug-likeness (QED) is 0.867. The predicted molar refractivity (Wildman–Crippen MR) is 107 cm³/mol. The van der Waals surface area contributed by atoms with Crippen molar-refractivity contribution in [3.8, 4) is 5.75 Å². The maximum absolute atomic E-state index is 11.3. The van der Waals surface area contributed by atoms with E-state index < -0.39 is 5.79 Å². The lowest BCUT2D eigenvalue weighted by atomic mass is 9.89. The van der Waals surface area contributed by atoms with Crippen molar-refractivity contribution in [2.45, 2.75) is 69.9 Å². The second-order valence-electron chi connectivity index (χ2n) is 8.85. The Labute approximate surface area is 167 Å². The van der Waals surface area contributed by atoms with Crippen molar-refractivity contribution in [2.24, 2.45) is 0 Å². The molecule has 3 fully saturated rings. The first-order chi connectivity index (χ1) is 13.6. The minimum absolute atomic E-state index is 0.0488. The molecule has 0 unspecified atom stereocenters. The molecule has 3 heterocycles. The first-order valence-corrected chi connectivity index (χ1v) is 10.8. The number of carbonyl (C=O) groups excluding carboxylic acids is 1. The largest absolute Gasteiger partial charge is 0.462 e. The molecule has 3 aliphatic heterocycles. The monoisotopic (exact) mass is 385 g/mol. The van der Waals surface area contributed by atoms with Crippen LogP contribution in [-0.2, 0) is 16.1 Å². The molecule has 5 rings (SSSR count). The summed E-state index contributed by atoms with van der Waals surface area (Å²) in [6.45, 7) is 6.19. The Bertz CT molecular complexity index is 741. The summed E-state index contributed by atoms with van der Waals surface area (Å²) in [6.07, 6.45) is 7.01. The van der Waals surface area contributed by atoms with Crippen LogP contribution in [-0.4, -0.2) is 54.9 Å². The van der Waals surface area contributed by atoms with Crippen molar-refractivity contribution in [2.75, 3.05) is 31.1 Å². The topological polar surface area (TPSA) is 54.0 Å². The van der Waals surface area contributed by atoms with E-state index in [0.717, 1.165) is 62.8 Å². The maximum Gasteiger partial charge on any atom is 0.217 e. The number of ether oxygens (including phenoxy) is 2. The van der Waals surface area contributed by atoms with Crippen LogP contribution in [0.4, 0.5) is 5.69 Å². The minimum atomic E-state index is -0.432.